The predicted octanol–water partition coefficient (Wildman–Crippen LogP) is 3.01. The van der Waals surface area contributed by atoms with Gasteiger partial charge in [0, 0.05) is 6.54 Å². The molecule has 0 radical (unpaired) electrons. The highest BCUT2D eigenvalue weighted by atomic mass is 16.4. The van der Waals surface area contributed by atoms with Gasteiger partial charge in [-0.1, -0.05) is 36.4 Å². The van der Waals surface area contributed by atoms with Crippen LogP contribution < -0.4 is 10.6 Å². The molecule has 0 heterocycles. The minimum absolute atomic E-state index is 0.0588. The van der Waals surface area contributed by atoms with Gasteiger partial charge in [-0.3, -0.25) is 0 Å². The number of urea groups is 1. The molecule has 0 saturated heterocycles. The van der Waals surface area contributed by atoms with E-state index < -0.39 is 12.0 Å². The minimum Gasteiger partial charge on any atom is -0.478 e. The van der Waals surface area contributed by atoms with Gasteiger partial charge in [0.15, 0.2) is 0 Å². The first-order valence-electron chi connectivity index (χ1n) is 6.49. The van der Waals surface area contributed by atoms with Gasteiger partial charge < -0.3 is 15.7 Å². The molecule has 0 atom stereocenters. The van der Waals surface area contributed by atoms with Crippen molar-refractivity contribution < 1.29 is 14.7 Å². The van der Waals surface area contributed by atoms with Gasteiger partial charge in [0.05, 0.1) is 11.3 Å². The van der Waals surface area contributed by atoms with E-state index in [1.165, 1.54) is 6.07 Å². The highest BCUT2D eigenvalue weighted by Crippen LogP contribution is 2.14. The van der Waals surface area contributed by atoms with E-state index in [1.54, 1.807) is 18.2 Å². The van der Waals surface area contributed by atoms with E-state index in [0.29, 0.717) is 6.54 Å². The lowest BCUT2D eigenvalue weighted by atomic mass is 10.1. The van der Waals surface area contributed by atoms with Crippen LogP contribution >= 0.6 is 0 Å². The second kappa shape index (κ2) is 6.56. The van der Waals surface area contributed by atoms with Gasteiger partial charge in [-0.25, -0.2) is 9.59 Å². The van der Waals surface area contributed by atoms with Crippen molar-refractivity contribution in [2.45, 2.75) is 13.5 Å². The number of carboxylic acid groups (broad SMARTS) is 1. The third-order valence-corrected chi connectivity index (χ3v) is 3.11. The Morgan fingerprint density at radius 3 is 2.43 bits per heavy atom. The summed E-state index contributed by atoms with van der Waals surface area (Å²) in [7, 11) is 0. The van der Waals surface area contributed by atoms with Crippen molar-refractivity contribution >= 4 is 17.7 Å². The van der Waals surface area contributed by atoms with E-state index in [9.17, 15) is 9.59 Å². The number of carbonyl (C=O) groups excluding carboxylic acids is 1. The normalized spacial score (nSPS) is 9.95. The summed E-state index contributed by atoms with van der Waals surface area (Å²) >= 11 is 0. The first kappa shape index (κ1) is 14.6. The standard InChI is InChI=1S/C16H16N2O3/c1-11-6-2-3-7-12(11)10-17-16(21)18-14-9-5-4-8-13(14)15(19)20/h2-9H,10H2,1H3,(H,19,20)(H2,17,18,21). The first-order chi connectivity index (χ1) is 10.1. The molecule has 0 bridgehead atoms. The molecule has 2 aromatic rings. The molecular formula is C16H16N2O3. The van der Waals surface area contributed by atoms with Crippen LogP contribution in [-0.2, 0) is 6.54 Å². The van der Waals surface area contributed by atoms with E-state index in [0.717, 1.165) is 11.1 Å². The number of para-hydroxylation sites is 1. The molecule has 2 rings (SSSR count). The average molecular weight is 284 g/mol. The Kier molecular flexibility index (Phi) is 4.56. The summed E-state index contributed by atoms with van der Waals surface area (Å²) in [5.41, 5.74) is 2.43. The fourth-order valence-corrected chi connectivity index (χ4v) is 1.93. The van der Waals surface area contributed by atoms with Crippen LogP contribution in [0, 0.1) is 6.92 Å². The number of hydrogen-bond acceptors (Lipinski definition) is 2. The number of benzene rings is 2. The van der Waals surface area contributed by atoms with Crippen LogP contribution in [-0.4, -0.2) is 17.1 Å². The average Bonchev–Trinajstić information content (AvgIpc) is 2.47. The van der Waals surface area contributed by atoms with Gasteiger partial charge >= 0.3 is 12.0 Å². The van der Waals surface area contributed by atoms with Crippen LogP contribution in [0.5, 0.6) is 0 Å². The number of aryl methyl sites for hydroxylation is 1. The largest absolute Gasteiger partial charge is 0.478 e. The molecule has 0 saturated carbocycles. The van der Waals surface area contributed by atoms with E-state index in [1.807, 2.05) is 31.2 Å². The maximum absolute atomic E-state index is 11.9. The van der Waals surface area contributed by atoms with Gasteiger partial charge in [0.25, 0.3) is 0 Å². The van der Waals surface area contributed by atoms with Crippen molar-refractivity contribution in [3.63, 3.8) is 0 Å². The maximum atomic E-state index is 11.9. The Hall–Kier alpha value is -2.82. The Bertz CT molecular complexity index is 668. The smallest absolute Gasteiger partial charge is 0.337 e. The molecule has 0 aliphatic heterocycles. The summed E-state index contributed by atoms with van der Waals surface area (Å²) in [6.07, 6.45) is 0. The van der Waals surface area contributed by atoms with Crippen molar-refractivity contribution in [2.75, 3.05) is 5.32 Å². The van der Waals surface area contributed by atoms with E-state index >= 15 is 0 Å². The van der Waals surface area contributed by atoms with Gasteiger partial charge in [-0.15, -0.1) is 0 Å². The summed E-state index contributed by atoms with van der Waals surface area (Å²) in [6.45, 7) is 2.35. The van der Waals surface area contributed by atoms with Crippen molar-refractivity contribution in [1.29, 1.82) is 0 Å². The lowest BCUT2D eigenvalue weighted by molar-refractivity contribution is 0.0698. The number of aromatic carboxylic acids is 1. The second-order valence-electron chi connectivity index (χ2n) is 4.58. The molecule has 0 aliphatic rings. The third kappa shape index (κ3) is 3.82. The van der Waals surface area contributed by atoms with Crippen molar-refractivity contribution in [3.8, 4) is 0 Å². The fraction of sp³-hybridized carbons (Fsp3) is 0.125. The number of amides is 2. The zero-order chi connectivity index (χ0) is 15.2. The van der Waals surface area contributed by atoms with Crippen LogP contribution in [0.4, 0.5) is 10.5 Å². The quantitative estimate of drug-likeness (QED) is 0.807. The van der Waals surface area contributed by atoms with Gasteiger partial charge in [0.2, 0.25) is 0 Å². The molecule has 108 valence electrons. The highest BCUT2D eigenvalue weighted by Gasteiger charge is 2.11. The first-order valence-corrected chi connectivity index (χ1v) is 6.49. The zero-order valence-corrected chi connectivity index (χ0v) is 11.6. The number of carboxylic acids is 1. The monoisotopic (exact) mass is 284 g/mol. The van der Waals surface area contributed by atoms with Crippen molar-refractivity contribution in [1.82, 2.24) is 5.32 Å². The topological polar surface area (TPSA) is 78.4 Å². The fourth-order valence-electron chi connectivity index (χ4n) is 1.93. The molecular weight excluding hydrogens is 268 g/mol. The molecule has 0 aromatic heterocycles. The maximum Gasteiger partial charge on any atom is 0.337 e. The Morgan fingerprint density at radius 2 is 1.71 bits per heavy atom. The summed E-state index contributed by atoms with van der Waals surface area (Å²) in [5, 5.41) is 14.3. The Labute approximate surface area is 122 Å². The number of rotatable bonds is 4. The van der Waals surface area contributed by atoms with Crippen LogP contribution in [0.15, 0.2) is 48.5 Å². The molecule has 21 heavy (non-hydrogen) atoms. The van der Waals surface area contributed by atoms with Crippen molar-refractivity contribution in [2.24, 2.45) is 0 Å². The van der Waals surface area contributed by atoms with Crippen molar-refractivity contribution in [3.05, 3.63) is 65.2 Å². The molecule has 2 amide bonds. The third-order valence-electron chi connectivity index (χ3n) is 3.11. The van der Waals surface area contributed by atoms with E-state index in [2.05, 4.69) is 10.6 Å². The highest BCUT2D eigenvalue weighted by molar-refractivity contribution is 5.99. The number of anilines is 1. The number of nitrogens with one attached hydrogen (secondary N) is 2. The Morgan fingerprint density at radius 1 is 1.05 bits per heavy atom. The molecule has 0 unspecified atom stereocenters. The van der Waals surface area contributed by atoms with Crippen LogP contribution in [0.25, 0.3) is 0 Å². The van der Waals surface area contributed by atoms with E-state index in [-0.39, 0.29) is 11.3 Å². The van der Waals surface area contributed by atoms with E-state index in [4.69, 9.17) is 5.11 Å². The number of hydrogen-bond donors (Lipinski definition) is 3. The molecule has 3 N–H and O–H groups in total. The molecule has 0 fully saturated rings. The number of carbonyl (C=O) groups is 2. The van der Waals surface area contributed by atoms with Crippen LogP contribution in [0.3, 0.4) is 0 Å². The molecule has 2 aromatic carbocycles. The summed E-state index contributed by atoms with van der Waals surface area (Å²) in [4.78, 5) is 22.9. The van der Waals surface area contributed by atoms with Crippen LogP contribution in [0.2, 0.25) is 0 Å². The molecule has 0 spiro atoms. The van der Waals surface area contributed by atoms with Gasteiger partial charge in [-0.05, 0) is 30.2 Å². The van der Waals surface area contributed by atoms with Crippen LogP contribution in [0.1, 0.15) is 21.5 Å². The molecule has 0 aliphatic carbocycles. The predicted molar refractivity (Wildman–Crippen MR) is 80.4 cm³/mol. The minimum atomic E-state index is -1.08. The Balaban J connectivity index is 2.00. The SMILES string of the molecule is Cc1ccccc1CNC(=O)Nc1ccccc1C(=O)O. The van der Waals surface area contributed by atoms with Gasteiger partial charge in [0.1, 0.15) is 0 Å². The molecule has 5 nitrogen and oxygen atoms in total. The summed E-state index contributed by atoms with van der Waals surface area (Å²) in [6, 6.07) is 13.6. The lowest BCUT2D eigenvalue weighted by Crippen LogP contribution is -2.29. The molecule has 5 heteroatoms. The lowest BCUT2D eigenvalue weighted by Gasteiger charge is -2.11. The zero-order valence-electron chi connectivity index (χ0n) is 11.6. The summed E-state index contributed by atoms with van der Waals surface area (Å²) in [5.74, 6) is -1.08. The summed E-state index contributed by atoms with van der Waals surface area (Å²) < 4.78 is 0. The van der Waals surface area contributed by atoms with Gasteiger partial charge in [-0.2, -0.15) is 0 Å². The second-order valence-corrected chi connectivity index (χ2v) is 4.58.